The van der Waals surface area contributed by atoms with Gasteiger partial charge in [-0.1, -0.05) is 20.8 Å². The molecule has 1 aromatic rings. The average molecular weight is 262 g/mol. The normalized spacial score (nSPS) is 21.3. The number of rotatable bonds is 2. The summed E-state index contributed by atoms with van der Waals surface area (Å²) in [6.07, 6.45) is 3.79. The van der Waals surface area contributed by atoms with Gasteiger partial charge < -0.3 is 10.6 Å². The smallest absolute Gasteiger partial charge is 0.151 e. The Labute approximate surface area is 116 Å². The lowest BCUT2D eigenvalue weighted by molar-refractivity contribution is 0.220. The van der Waals surface area contributed by atoms with Crippen molar-refractivity contribution in [1.82, 2.24) is 10.2 Å². The van der Waals surface area contributed by atoms with E-state index in [4.69, 9.17) is 5.73 Å². The van der Waals surface area contributed by atoms with Crippen molar-refractivity contribution >= 4 is 5.82 Å². The van der Waals surface area contributed by atoms with Gasteiger partial charge in [-0.2, -0.15) is 5.10 Å². The van der Waals surface area contributed by atoms with Crippen molar-refractivity contribution in [3.8, 4) is 0 Å². The Morgan fingerprint density at radius 2 is 2.00 bits per heavy atom. The van der Waals surface area contributed by atoms with Gasteiger partial charge in [-0.05, 0) is 42.7 Å². The van der Waals surface area contributed by atoms with Gasteiger partial charge in [0, 0.05) is 19.6 Å². The van der Waals surface area contributed by atoms with Gasteiger partial charge in [-0.25, -0.2) is 0 Å². The van der Waals surface area contributed by atoms with Crippen molar-refractivity contribution in [1.29, 1.82) is 0 Å². The molecule has 1 atom stereocenters. The van der Waals surface area contributed by atoms with E-state index in [2.05, 4.69) is 35.9 Å². The zero-order valence-corrected chi connectivity index (χ0v) is 12.4. The standard InChI is InChI=1S/C15H26N4/c1-15(2,3)12-5-4-9-19(10-8-12)14-7-6-13(11-16)17-18-14/h6-7,12H,4-5,8-11,16H2,1-3H3. The van der Waals surface area contributed by atoms with Crippen LogP contribution in [0.1, 0.15) is 45.7 Å². The second kappa shape index (κ2) is 5.87. The van der Waals surface area contributed by atoms with Crippen molar-refractivity contribution in [2.45, 2.75) is 46.6 Å². The van der Waals surface area contributed by atoms with Crippen LogP contribution in [0.5, 0.6) is 0 Å². The van der Waals surface area contributed by atoms with E-state index in [1.165, 1.54) is 19.3 Å². The number of aromatic nitrogens is 2. The molecule has 0 radical (unpaired) electrons. The van der Waals surface area contributed by atoms with Crippen molar-refractivity contribution in [3.63, 3.8) is 0 Å². The van der Waals surface area contributed by atoms with E-state index < -0.39 is 0 Å². The fourth-order valence-corrected chi connectivity index (χ4v) is 2.82. The van der Waals surface area contributed by atoms with Crippen molar-refractivity contribution in [2.75, 3.05) is 18.0 Å². The van der Waals surface area contributed by atoms with Gasteiger partial charge in [0.05, 0.1) is 5.69 Å². The van der Waals surface area contributed by atoms with Crippen LogP contribution in [0.15, 0.2) is 12.1 Å². The molecule has 1 saturated heterocycles. The van der Waals surface area contributed by atoms with Crippen LogP contribution in [-0.4, -0.2) is 23.3 Å². The summed E-state index contributed by atoms with van der Waals surface area (Å²) in [6.45, 7) is 9.68. The summed E-state index contributed by atoms with van der Waals surface area (Å²) < 4.78 is 0. The zero-order chi connectivity index (χ0) is 13.9. The molecule has 0 bridgehead atoms. The highest BCUT2D eigenvalue weighted by Crippen LogP contribution is 2.34. The second-order valence-electron chi connectivity index (χ2n) is 6.57. The SMILES string of the molecule is CC(C)(C)C1CCCN(c2ccc(CN)nn2)CC1. The fourth-order valence-electron chi connectivity index (χ4n) is 2.82. The topological polar surface area (TPSA) is 55.0 Å². The van der Waals surface area contributed by atoms with E-state index >= 15 is 0 Å². The number of hydrogen-bond donors (Lipinski definition) is 1. The summed E-state index contributed by atoms with van der Waals surface area (Å²) >= 11 is 0. The highest BCUT2D eigenvalue weighted by atomic mass is 15.3. The average Bonchev–Trinajstić information content (AvgIpc) is 2.64. The number of hydrogen-bond acceptors (Lipinski definition) is 4. The van der Waals surface area contributed by atoms with Crippen LogP contribution in [0, 0.1) is 11.3 Å². The Morgan fingerprint density at radius 1 is 1.21 bits per heavy atom. The Bertz CT molecular complexity index is 394. The van der Waals surface area contributed by atoms with E-state index in [0.717, 1.165) is 30.5 Å². The third-order valence-corrected chi connectivity index (χ3v) is 4.19. The second-order valence-corrected chi connectivity index (χ2v) is 6.57. The Hall–Kier alpha value is -1.16. The highest BCUT2D eigenvalue weighted by Gasteiger charge is 2.27. The summed E-state index contributed by atoms with van der Waals surface area (Å²) in [5.41, 5.74) is 6.81. The minimum absolute atomic E-state index is 0.408. The Kier molecular flexibility index (Phi) is 4.40. The van der Waals surface area contributed by atoms with Gasteiger partial charge in [0.15, 0.2) is 5.82 Å². The molecule has 0 aliphatic carbocycles. The number of anilines is 1. The molecule has 1 unspecified atom stereocenters. The first-order valence-electron chi connectivity index (χ1n) is 7.28. The summed E-state index contributed by atoms with van der Waals surface area (Å²) in [6, 6.07) is 4.03. The van der Waals surface area contributed by atoms with Gasteiger partial charge >= 0.3 is 0 Å². The summed E-state index contributed by atoms with van der Waals surface area (Å²) in [5.74, 6) is 1.79. The maximum absolute atomic E-state index is 5.55. The van der Waals surface area contributed by atoms with Crippen molar-refractivity contribution in [3.05, 3.63) is 17.8 Å². The van der Waals surface area contributed by atoms with Crippen molar-refractivity contribution < 1.29 is 0 Å². The minimum Gasteiger partial charge on any atom is -0.355 e. The fraction of sp³-hybridized carbons (Fsp3) is 0.733. The molecule has 2 rings (SSSR count). The molecule has 0 aromatic carbocycles. The number of nitrogens with zero attached hydrogens (tertiary/aromatic N) is 3. The molecular formula is C15H26N4. The van der Waals surface area contributed by atoms with E-state index in [1.54, 1.807) is 0 Å². The molecule has 2 heterocycles. The Balaban J connectivity index is 2.02. The van der Waals surface area contributed by atoms with E-state index in [9.17, 15) is 0 Å². The molecule has 19 heavy (non-hydrogen) atoms. The summed E-state index contributed by atoms with van der Waals surface area (Å²) in [5, 5.41) is 8.45. The van der Waals surface area contributed by atoms with Crippen LogP contribution in [0.2, 0.25) is 0 Å². The predicted molar refractivity (Wildman–Crippen MR) is 78.9 cm³/mol. The quantitative estimate of drug-likeness (QED) is 0.890. The van der Waals surface area contributed by atoms with Gasteiger partial charge in [0.2, 0.25) is 0 Å². The molecule has 0 saturated carbocycles. The summed E-state index contributed by atoms with van der Waals surface area (Å²) in [7, 11) is 0. The monoisotopic (exact) mass is 262 g/mol. The molecule has 1 aliphatic heterocycles. The third-order valence-electron chi connectivity index (χ3n) is 4.19. The molecule has 2 N–H and O–H groups in total. The number of nitrogens with two attached hydrogens (primary N) is 1. The largest absolute Gasteiger partial charge is 0.355 e. The molecule has 0 amide bonds. The molecule has 4 nitrogen and oxygen atoms in total. The van der Waals surface area contributed by atoms with Crippen molar-refractivity contribution in [2.24, 2.45) is 17.1 Å². The first kappa shape index (κ1) is 14.3. The first-order valence-corrected chi connectivity index (χ1v) is 7.28. The van der Waals surface area contributed by atoms with Crippen LogP contribution < -0.4 is 10.6 Å². The molecule has 1 aromatic heterocycles. The molecule has 106 valence electrons. The maximum atomic E-state index is 5.55. The first-order chi connectivity index (χ1) is 9.00. The van der Waals surface area contributed by atoms with E-state index in [0.29, 0.717) is 12.0 Å². The molecular weight excluding hydrogens is 236 g/mol. The van der Waals surface area contributed by atoms with Crippen LogP contribution in [0.4, 0.5) is 5.82 Å². The molecule has 4 heteroatoms. The van der Waals surface area contributed by atoms with Gasteiger partial charge in [0.25, 0.3) is 0 Å². The zero-order valence-electron chi connectivity index (χ0n) is 12.4. The summed E-state index contributed by atoms with van der Waals surface area (Å²) in [4.78, 5) is 2.36. The van der Waals surface area contributed by atoms with E-state index in [1.807, 2.05) is 12.1 Å². The van der Waals surface area contributed by atoms with Gasteiger partial charge in [0.1, 0.15) is 0 Å². The predicted octanol–water partition coefficient (Wildman–Crippen LogP) is 2.59. The van der Waals surface area contributed by atoms with Crippen LogP contribution in [-0.2, 0) is 6.54 Å². The maximum Gasteiger partial charge on any atom is 0.151 e. The highest BCUT2D eigenvalue weighted by molar-refractivity contribution is 5.37. The van der Waals surface area contributed by atoms with Gasteiger partial charge in [-0.15, -0.1) is 5.10 Å². The van der Waals surface area contributed by atoms with Crippen LogP contribution >= 0.6 is 0 Å². The molecule has 1 aliphatic rings. The lowest BCUT2D eigenvalue weighted by Gasteiger charge is -2.29. The van der Waals surface area contributed by atoms with Crippen LogP contribution in [0.3, 0.4) is 0 Å². The Morgan fingerprint density at radius 3 is 2.58 bits per heavy atom. The van der Waals surface area contributed by atoms with Gasteiger partial charge in [-0.3, -0.25) is 0 Å². The molecule has 0 spiro atoms. The molecule has 1 fully saturated rings. The lowest BCUT2D eigenvalue weighted by Crippen LogP contribution is -2.27. The third kappa shape index (κ3) is 3.66. The van der Waals surface area contributed by atoms with E-state index in [-0.39, 0.29) is 0 Å². The lowest BCUT2D eigenvalue weighted by atomic mass is 9.77. The van der Waals surface area contributed by atoms with Crippen LogP contribution in [0.25, 0.3) is 0 Å². The minimum atomic E-state index is 0.408.